The van der Waals surface area contributed by atoms with E-state index < -0.39 is 0 Å². The fourth-order valence-corrected chi connectivity index (χ4v) is 3.37. The van der Waals surface area contributed by atoms with Crippen LogP contribution in [0.1, 0.15) is 50.2 Å². The largest absolute Gasteiger partial charge is 0.389 e. The Morgan fingerprint density at radius 1 is 1.33 bits per heavy atom. The van der Waals surface area contributed by atoms with Crippen LogP contribution in [0.4, 0.5) is 4.39 Å². The molecule has 0 aromatic heterocycles. The summed E-state index contributed by atoms with van der Waals surface area (Å²) in [6.07, 6.45) is 6.29. The van der Waals surface area contributed by atoms with E-state index in [0.717, 1.165) is 11.5 Å². The maximum Gasteiger partial charge on any atom is 0.127 e. The van der Waals surface area contributed by atoms with Crippen LogP contribution >= 0.6 is 12.2 Å². The van der Waals surface area contributed by atoms with Crippen molar-refractivity contribution in [3.05, 3.63) is 35.1 Å². The molecule has 0 atom stereocenters. The molecular weight excluding hydrogens is 283 g/mol. The van der Waals surface area contributed by atoms with Crippen LogP contribution in [0.5, 0.6) is 0 Å². The predicted molar refractivity (Wildman–Crippen MR) is 89.8 cm³/mol. The Hall–Kier alpha value is -1.00. The smallest absolute Gasteiger partial charge is 0.127 e. The van der Waals surface area contributed by atoms with Crippen molar-refractivity contribution < 1.29 is 4.39 Å². The van der Waals surface area contributed by atoms with Gasteiger partial charge in [-0.2, -0.15) is 0 Å². The lowest BCUT2D eigenvalue weighted by atomic mass is 9.84. The van der Waals surface area contributed by atoms with Gasteiger partial charge in [0.15, 0.2) is 0 Å². The highest BCUT2D eigenvalue weighted by Gasteiger charge is 2.23. The molecule has 0 bridgehead atoms. The zero-order chi connectivity index (χ0) is 15.4. The molecule has 1 saturated carbocycles. The molecule has 2 rings (SSSR count). The summed E-state index contributed by atoms with van der Waals surface area (Å²) >= 11 is 4.97. The van der Waals surface area contributed by atoms with Crippen LogP contribution in [0.25, 0.3) is 0 Å². The van der Waals surface area contributed by atoms with Gasteiger partial charge in [-0.1, -0.05) is 25.6 Å². The fraction of sp³-hybridized carbons (Fsp3) is 0.588. The molecule has 0 amide bonds. The Morgan fingerprint density at radius 2 is 2.00 bits per heavy atom. The molecule has 2 nitrogen and oxygen atoms in total. The van der Waals surface area contributed by atoms with E-state index in [1.54, 1.807) is 12.1 Å². The Balaban J connectivity index is 2.01. The molecule has 4 heteroatoms. The number of rotatable bonds is 5. The summed E-state index contributed by atoms with van der Waals surface area (Å²) in [5.41, 5.74) is 7.05. The lowest BCUT2D eigenvalue weighted by Gasteiger charge is -2.34. The van der Waals surface area contributed by atoms with E-state index in [1.807, 2.05) is 0 Å². The first kappa shape index (κ1) is 16.4. The minimum absolute atomic E-state index is 0.177. The zero-order valence-corrected chi connectivity index (χ0v) is 13.8. The highest BCUT2D eigenvalue weighted by molar-refractivity contribution is 7.80. The van der Waals surface area contributed by atoms with E-state index in [4.69, 9.17) is 18.0 Å². The Morgan fingerprint density at radius 3 is 2.57 bits per heavy atom. The summed E-state index contributed by atoms with van der Waals surface area (Å²) in [4.78, 5) is 2.59. The fourth-order valence-electron chi connectivity index (χ4n) is 3.24. The predicted octanol–water partition coefficient (Wildman–Crippen LogP) is 3.86. The third kappa shape index (κ3) is 4.24. The molecule has 1 aliphatic rings. The highest BCUT2D eigenvalue weighted by Crippen LogP contribution is 2.29. The standard InChI is InChI=1S/C17H25FN2S/c1-3-12-4-7-15(8-5-12)20(2)11-14-10-13(17(19)21)6-9-16(14)18/h6,9-10,12,15H,3-5,7-8,11H2,1-2H3,(H2,19,21). The first-order valence-corrected chi connectivity index (χ1v) is 8.20. The summed E-state index contributed by atoms with van der Waals surface area (Å²) in [5.74, 6) is 0.702. The van der Waals surface area contributed by atoms with E-state index in [1.165, 1.54) is 38.2 Å². The maximum absolute atomic E-state index is 14.0. The quantitative estimate of drug-likeness (QED) is 0.838. The number of halogens is 1. The summed E-state index contributed by atoms with van der Waals surface area (Å²) in [6.45, 7) is 2.88. The van der Waals surface area contributed by atoms with Gasteiger partial charge in [0.2, 0.25) is 0 Å². The number of nitrogens with zero attached hydrogens (tertiary/aromatic N) is 1. The summed E-state index contributed by atoms with van der Waals surface area (Å²) < 4.78 is 14.0. The second-order valence-corrected chi connectivity index (χ2v) is 6.61. The molecule has 1 aromatic rings. The van der Waals surface area contributed by atoms with Crippen molar-refractivity contribution >= 4 is 17.2 Å². The molecule has 0 unspecified atom stereocenters. The Bertz CT molecular complexity index is 496. The van der Waals surface area contributed by atoms with Gasteiger partial charge in [0, 0.05) is 23.7 Å². The van der Waals surface area contributed by atoms with Crippen molar-refractivity contribution in [3.63, 3.8) is 0 Å². The van der Waals surface area contributed by atoms with Crippen molar-refractivity contribution in [1.29, 1.82) is 0 Å². The first-order chi connectivity index (χ1) is 10.0. The third-order valence-electron chi connectivity index (χ3n) is 4.77. The average Bonchev–Trinajstić information content (AvgIpc) is 2.49. The number of thiocarbonyl (C=S) groups is 1. The van der Waals surface area contributed by atoms with E-state index in [0.29, 0.717) is 23.1 Å². The minimum atomic E-state index is -0.177. The van der Waals surface area contributed by atoms with E-state index in [-0.39, 0.29) is 5.82 Å². The molecule has 1 aromatic carbocycles. The second-order valence-electron chi connectivity index (χ2n) is 6.17. The number of benzene rings is 1. The third-order valence-corrected chi connectivity index (χ3v) is 5.00. The summed E-state index contributed by atoms with van der Waals surface area (Å²) in [5, 5.41) is 0. The molecule has 2 N–H and O–H groups in total. The van der Waals surface area contributed by atoms with Crippen LogP contribution in [0, 0.1) is 11.7 Å². The van der Waals surface area contributed by atoms with Crippen molar-refractivity contribution in [1.82, 2.24) is 4.90 Å². The summed E-state index contributed by atoms with van der Waals surface area (Å²) in [7, 11) is 2.09. The second kappa shape index (κ2) is 7.32. The monoisotopic (exact) mass is 308 g/mol. The normalized spacial score (nSPS) is 22.5. The van der Waals surface area contributed by atoms with Crippen molar-refractivity contribution in [3.8, 4) is 0 Å². The molecule has 0 radical (unpaired) electrons. The first-order valence-electron chi connectivity index (χ1n) is 7.79. The van der Waals surface area contributed by atoms with Gasteiger partial charge in [0.25, 0.3) is 0 Å². The van der Waals surface area contributed by atoms with Crippen LogP contribution in [0.2, 0.25) is 0 Å². The lowest BCUT2D eigenvalue weighted by Crippen LogP contribution is -2.35. The van der Waals surface area contributed by atoms with Crippen LogP contribution < -0.4 is 5.73 Å². The van der Waals surface area contributed by atoms with E-state index >= 15 is 0 Å². The maximum atomic E-state index is 14.0. The van der Waals surface area contributed by atoms with Gasteiger partial charge in [-0.3, -0.25) is 4.90 Å². The molecule has 21 heavy (non-hydrogen) atoms. The average molecular weight is 308 g/mol. The van der Waals surface area contributed by atoms with Crippen LogP contribution in [0.15, 0.2) is 18.2 Å². The Kier molecular flexibility index (Phi) is 5.71. The van der Waals surface area contributed by atoms with Gasteiger partial charge >= 0.3 is 0 Å². The lowest BCUT2D eigenvalue weighted by molar-refractivity contribution is 0.156. The molecule has 0 saturated heterocycles. The van der Waals surface area contributed by atoms with Crippen LogP contribution in [0.3, 0.4) is 0 Å². The molecule has 116 valence electrons. The van der Waals surface area contributed by atoms with Crippen molar-refractivity contribution in [2.24, 2.45) is 11.7 Å². The molecule has 0 spiro atoms. The van der Waals surface area contributed by atoms with Gasteiger partial charge < -0.3 is 5.73 Å². The van der Waals surface area contributed by atoms with Gasteiger partial charge in [-0.05, 0) is 56.8 Å². The van der Waals surface area contributed by atoms with E-state index in [2.05, 4.69) is 18.9 Å². The molecule has 0 heterocycles. The van der Waals surface area contributed by atoms with Gasteiger partial charge in [-0.15, -0.1) is 0 Å². The molecular formula is C17H25FN2S. The number of hydrogen-bond acceptors (Lipinski definition) is 2. The molecule has 1 aliphatic carbocycles. The van der Waals surface area contributed by atoms with Crippen LogP contribution in [-0.4, -0.2) is 23.0 Å². The molecule has 1 fully saturated rings. The van der Waals surface area contributed by atoms with Gasteiger partial charge in [0.05, 0.1) is 0 Å². The topological polar surface area (TPSA) is 29.3 Å². The zero-order valence-electron chi connectivity index (χ0n) is 12.9. The van der Waals surface area contributed by atoms with Gasteiger partial charge in [-0.25, -0.2) is 4.39 Å². The minimum Gasteiger partial charge on any atom is -0.389 e. The Labute approximate surface area is 132 Å². The van der Waals surface area contributed by atoms with Crippen LogP contribution in [-0.2, 0) is 6.54 Å². The van der Waals surface area contributed by atoms with Crippen molar-refractivity contribution in [2.45, 2.75) is 51.6 Å². The number of hydrogen-bond donors (Lipinski definition) is 1. The summed E-state index contributed by atoms with van der Waals surface area (Å²) in [6, 6.07) is 5.45. The number of nitrogens with two attached hydrogens (primary N) is 1. The SMILES string of the molecule is CCC1CCC(N(C)Cc2cc(C(N)=S)ccc2F)CC1. The van der Waals surface area contributed by atoms with Crippen molar-refractivity contribution in [2.75, 3.05) is 7.05 Å². The highest BCUT2D eigenvalue weighted by atomic mass is 32.1. The molecule has 0 aliphatic heterocycles. The van der Waals surface area contributed by atoms with Gasteiger partial charge in [0.1, 0.15) is 10.8 Å². The van der Waals surface area contributed by atoms with E-state index in [9.17, 15) is 4.39 Å².